The van der Waals surface area contributed by atoms with E-state index >= 15 is 0 Å². The van der Waals surface area contributed by atoms with Crippen molar-refractivity contribution in [2.24, 2.45) is 0 Å². The van der Waals surface area contributed by atoms with Gasteiger partial charge in [-0.2, -0.15) is 5.10 Å². The Kier molecular flexibility index (Phi) is 3.76. The number of hydrogen-bond donors (Lipinski definition) is 0. The van der Waals surface area contributed by atoms with Crippen molar-refractivity contribution < 1.29 is 4.79 Å². The largest absolute Gasteiger partial charge is 0.337 e. The van der Waals surface area contributed by atoms with Crippen LogP contribution in [-0.4, -0.2) is 38.5 Å². The molecule has 0 unspecified atom stereocenters. The summed E-state index contributed by atoms with van der Waals surface area (Å²) in [6.07, 6.45) is 5.45. The summed E-state index contributed by atoms with van der Waals surface area (Å²) in [5, 5.41) is 4.36. The number of carbonyl (C=O) groups is 1. The van der Waals surface area contributed by atoms with Crippen LogP contribution in [0.4, 0.5) is 0 Å². The lowest BCUT2D eigenvalue weighted by atomic mass is 9.87. The monoisotopic (exact) mass is 320 g/mol. The molecule has 0 saturated carbocycles. The third-order valence-electron chi connectivity index (χ3n) is 4.88. The number of imidazole rings is 1. The Morgan fingerprint density at radius 2 is 1.92 bits per heavy atom. The molecular weight excluding hydrogens is 300 g/mol. The minimum Gasteiger partial charge on any atom is -0.337 e. The fourth-order valence-electron chi connectivity index (χ4n) is 3.53. The number of hydrogen-bond acceptors (Lipinski definition) is 3. The number of carbonyl (C=O) groups excluding carboxylic acids is 1. The number of fused-ring (bicyclic) bond motifs is 1. The van der Waals surface area contributed by atoms with Crippen molar-refractivity contribution in [1.29, 1.82) is 0 Å². The van der Waals surface area contributed by atoms with E-state index in [0.29, 0.717) is 11.6 Å². The SMILES string of the molecule is Cc1ccccc1C1CCN(C(=O)c2ccc3nccn3n2)CC1. The van der Waals surface area contributed by atoms with Crippen LogP contribution in [-0.2, 0) is 0 Å². The van der Waals surface area contributed by atoms with E-state index in [1.165, 1.54) is 11.1 Å². The van der Waals surface area contributed by atoms with Crippen molar-refractivity contribution in [3.63, 3.8) is 0 Å². The van der Waals surface area contributed by atoms with Gasteiger partial charge in [-0.15, -0.1) is 0 Å². The summed E-state index contributed by atoms with van der Waals surface area (Å²) in [5.41, 5.74) is 4.00. The number of likely N-dealkylation sites (tertiary alicyclic amines) is 1. The Morgan fingerprint density at radius 1 is 1.12 bits per heavy atom. The van der Waals surface area contributed by atoms with Gasteiger partial charge in [-0.3, -0.25) is 4.79 Å². The summed E-state index contributed by atoms with van der Waals surface area (Å²) in [7, 11) is 0. The second kappa shape index (κ2) is 6.07. The van der Waals surface area contributed by atoms with E-state index in [2.05, 4.69) is 41.3 Å². The van der Waals surface area contributed by atoms with Gasteiger partial charge in [0.15, 0.2) is 5.65 Å². The van der Waals surface area contributed by atoms with E-state index in [4.69, 9.17) is 0 Å². The maximum absolute atomic E-state index is 12.7. The third-order valence-corrected chi connectivity index (χ3v) is 4.88. The lowest BCUT2D eigenvalue weighted by Crippen LogP contribution is -2.38. The molecular formula is C19H20N4O. The number of nitrogens with zero attached hydrogens (tertiary/aromatic N) is 4. The lowest BCUT2D eigenvalue weighted by Gasteiger charge is -2.32. The summed E-state index contributed by atoms with van der Waals surface area (Å²) in [5.74, 6) is 0.549. The number of aromatic nitrogens is 3. The van der Waals surface area contributed by atoms with Crippen molar-refractivity contribution in [3.05, 3.63) is 65.6 Å². The van der Waals surface area contributed by atoms with Crippen LogP contribution in [0.1, 0.15) is 40.4 Å². The van der Waals surface area contributed by atoms with Crippen molar-refractivity contribution in [2.75, 3.05) is 13.1 Å². The predicted octanol–water partition coefficient (Wildman–Crippen LogP) is 3.06. The van der Waals surface area contributed by atoms with Crippen molar-refractivity contribution >= 4 is 11.6 Å². The Hall–Kier alpha value is -2.69. The molecule has 0 atom stereocenters. The summed E-state index contributed by atoms with van der Waals surface area (Å²) in [6.45, 7) is 3.72. The van der Waals surface area contributed by atoms with E-state index in [1.54, 1.807) is 23.0 Å². The maximum Gasteiger partial charge on any atom is 0.274 e. The van der Waals surface area contributed by atoms with Crippen LogP contribution in [0, 0.1) is 6.92 Å². The molecule has 0 N–H and O–H groups in total. The fourth-order valence-corrected chi connectivity index (χ4v) is 3.53. The van der Waals surface area contributed by atoms with Gasteiger partial charge in [0, 0.05) is 25.5 Å². The van der Waals surface area contributed by atoms with Gasteiger partial charge in [-0.05, 0) is 48.9 Å². The maximum atomic E-state index is 12.7. The van der Waals surface area contributed by atoms with Crippen LogP contribution in [0.15, 0.2) is 48.8 Å². The molecule has 1 aliphatic rings. The van der Waals surface area contributed by atoms with Crippen LogP contribution in [0.2, 0.25) is 0 Å². The average molecular weight is 320 g/mol. The minimum atomic E-state index is 0.00818. The van der Waals surface area contributed by atoms with Crippen LogP contribution in [0.5, 0.6) is 0 Å². The quantitative estimate of drug-likeness (QED) is 0.729. The van der Waals surface area contributed by atoms with Gasteiger partial charge in [0.2, 0.25) is 0 Å². The van der Waals surface area contributed by atoms with Gasteiger partial charge < -0.3 is 4.90 Å². The molecule has 0 bridgehead atoms. The summed E-state index contributed by atoms with van der Waals surface area (Å²) < 4.78 is 1.65. The van der Waals surface area contributed by atoms with E-state index in [-0.39, 0.29) is 5.91 Å². The van der Waals surface area contributed by atoms with Crippen LogP contribution in [0.3, 0.4) is 0 Å². The molecule has 24 heavy (non-hydrogen) atoms. The van der Waals surface area contributed by atoms with E-state index in [9.17, 15) is 4.79 Å². The molecule has 5 heteroatoms. The first kappa shape index (κ1) is 14.9. The smallest absolute Gasteiger partial charge is 0.274 e. The molecule has 3 heterocycles. The first-order valence-electron chi connectivity index (χ1n) is 8.37. The van der Waals surface area contributed by atoms with Crippen LogP contribution < -0.4 is 0 Å². The zero-order valence-corrected chi connectivity index (χ0v) is 13.7. The third kappa shape index (κ3) is 2.66. The molecule has 5 nitrogen and oxygen atoms in total. The van der Waals surface area contributed by atoms with Gasteiger partial charge >= 0.3 is 0 Å². The Labute approximate surface area is 140 Å². The average Bonchev–Trinajstić information content (AvgIpc) is 3.09. The van der Waals surface area contributed by atoms with Crippen molar-refractivity contribution in [3.8, 4) is 0 Å². The highest BCUT2D eigenvalue weighted by atomic mass is 16.2. The molecule has 0 spiro atoms. The molecule has 1 amide bonds. The highest BCUT2D eigenvalue weighted by Crippen LogP contribution is 2.30. The first-order chi connectivity index (χ1) is 11.7. The minimum absolute atomic E-state index is 0.00818. The van der Waals surface area contributed by atoms with E-state index in [1.807, 2.05) is 11.0 Å². The Morgan fingerprint density at radius 3 is 2.71 bits per heavy atom. The number of benzene rings is 1. The zero-order chi connectivity index (χ0) is 16.5. The van der Waals surface area contributed by atoms with Gasteiger partial charge in [-0.25, -0.2) is 9.50 Å². The molecule has 122 valence electrons. The topological polar surface area (TPSA) is 50.5 Å². The zero-order valence-electron chi connectivity index (χ0n) is 13.7. The van der Waals surface area contributed by atoms with Gasteiger partial charge in [0.25, 0.3) is 5.91 Å². The molecule has 1 aliphatic heterocycles. The lowest BCUT2D eigenvalue weighted by molar-refractivity contribution is 0.0705. The summed E-state index contributed by atoms with van der Waals surface area (Å²) in [6, 6.07) is 12.2. The summed E-state index contributed by atoms with van der Waals surface area (Å²) in [4.78, 5) is 18.8. The number of aryl methyl sites for hydroxylation is 1. The van der Waals surface area contributed by atoms with Gasteiger partial charge in [-0.1, -0.05) is 24.3 Å². The highest BCUT2D eigenvalue weighted by molar-refractivity contribution is 5.92. The summed E-state index contributed by atoms with van der Waals surface area (Å²) >= 11 is 0. The fraction of sp³-hybridized carbons (Fsp3) is 0.316. The normalized spacial score (nSPS) is 15.8. The molecule has 3 aromatic rings. The van der Waals surface area contributed by atoms with E-state index < -0.39 is 0 Å². The Balaban J connectivity index is 1.47. The van der Waals surface area contributed by atoms with Crippen molar-refractivity contribution in [2.45, 2.75) is 25.7 Å². The number of piperidine rings is 1. The molecule has 1 fully saturated rings. The molecule has 0 aliphatic carbocycles. The molecule has 1 aromatic carbocycles. The standard InChI is InChI=1S/C19H20N4O/c1-14-4-2-3-5-16(14)15-8-11-22(12-9-15)19(24)17-6-7-18-20-10-13-23(18)21-17/h2-7,10,13,15H,8-9,11-12H2,1H3. The molecule has 4 rings (SSSR count). The predicted molar refractivity (Wildman–Crippen MR) is 92.0 cm³/mol. The van der Waals surface area contributed by atoms with Crippen LogP contribution in [0.25, 0.3) is 5.65 Å². The second-order valence-electron chi connectivity index (χ2n) is 6.37. The molecule has 0 radical (unpaired) electrons. The first-order valence-corrected chi connectivity index (χ1v) is 8.37. The number of rotatable bonds is 2. The van der Waals surface area contributed by atoms with Crippen LogP contribution >= 0.6 is 0 Å². The molecule has 1 saturated heterocycles. The number of amides is 1. The Bertz CT molecular complexity index is 878. The highest BCUT2D eigenvalue weighted by Gasteiger charge is 2.26. The van der Waals surface area contributed by atoms with Crippen molar-refractivity contribution in [1.82, 2.24) is 19.5 Å². The second-order valence-corrected chi connectivity index (χ2v) is 6.37. The van der Waals surface area contributed by atoms with Gasteiger partial charge in [0.05, 0.1) is 0 Å². The molecule has 2 aromatic heterocycles. The van der Waals surface area contributed by atoms with Gasteiger partial charge in [0.1, 0.15) is 5.69 Å². The van der Waals surface area contributed by atoms with E-state index in [0.717, 1.165) is 31.6 Å².